The number of nitrogens with one attached hydrogen (secondary N) is 1. The summed E-state index contributed by atoms with van der Waals surface area (Å²) in [6.07, 6.45) is 81.2. The third kappa shape index (κ3) is 61.4. The minimum Gasteiger partial charge on any atom is -0.463 e. The molecule has 0 aromatic heterocycles. The molecule has 0 rings (SSSR count). The van der Waals surface area contributed by atoms with Gasteiger partial charge < -0.3 is 20.3 Å². The largest absolute Gasteiger partial charge is 0.463 e. The predicted molar refractivity (Wildman–Crippen MR) is 329 cm³/mol. The molecule has 6 nitrogen and oxygen atoms in total. The zero-order valence-electron chi connectivity index (χ0n) is 50.8. The van der Waals surface area contributed by atoms with Crippen LogP contribution in [0.5, 0.6) is 0 Å². The van der Waals surface area contributed by atoms with Crippen LogP contribution in [-0.4, -0.2) is 47.4 Å². The van der Waals surface area contributed by atoms with Crippen LogP contribution in [0.2, 0.25) is 0 Å². The average molecular weight is 1060 g/mol. The topological polar surface area (TPSA) is 95.9 Å². The van der Waals surface area contributed by atoms with Crippen molar-refractivity contribution in [3.8, 4) is 0 Å². The van der Waals surface area contributed by atoms with Crippen molar-refractivity contribution >= 4 is 11.9 Å². The fourth-order valence-electron chi connectivity index (χ4n) is 10.9. The first kappa shape index (κ1) is 73.3. The average Bonchev–Trinajstić information content (AvgIpc) is 3.41. The fraction of sp³-hybridized carbons (Fsp3) is 0.913. The van der Waals surface area contributed by atoms with Crippen molar-refractivity contribution in [3.05, 3.63) is 24.3 Å². The smallest absolute Gasteiger partial charge is 0.330 e. The molecule has 0 fully saturated rings. The summed E-state index contributed by atoms with van der Waals surface area (Å²) in [7, 11) is 0. The van der Waals surface area contributed by atoms with Crippen LogP contribution in [0.3, 0.4) is 0 Å². The zero-order valence-corrected chi connectivity index (χ0v) is 50.8. The number of carbonyl (C=O) groups excluding carboxylic acids is 2. The Bertz CT molecular complexity index is 1170. The Balaban J connectivity index is 3.36. The minimum absolute atomic E-state index is 0.0297. The lowest BCUT2D eigenvalue weighted by Crippen LogP contribution is -2.45. The van der Waals surface area contributed by atoms with Gasteiger partial charge in [0.05, 0.1) is 25.4 Å². The fourth-order valence-corrected chi connectivity index (χ4v) is 10.9. The molecule has 0 bridgehead atoms. The highest BCUT2D eigenvalue weighted by atomic mass is 16.5. The Morgan fingerprint density at radius 1 is 0.387 bits per heavy atom. The molecule has 1 amide bonds. The van der Waals surface area contributed by atoms with E-state index in [1.807, 2.05) is 12.2 Å². The van der Waals surface area contributed by atoms with Crippen LogP contribution in [0.1, 0.15) is 380 Å². The highest BCUT2D eigenvalue weighted by molar-refractivity contribution is 5.82. The Kier molecular flexibility index (Phi) is 63.4. The lowest BCUT2D eigenvalue weighted by molar-refractivity contribution is -0.137. The first-order valence-corrected chi connectivity index (χ1v) is 34.1. The molecule has 0 aromatic rings. The van der Waals surface area contributed by atoms with E-state index in [0.29, 0.717) is 19.4 Å². The van der Waals surface area contributed by atoms with Gasteiger partial charge in [0.2, 0.25) is 5.91 Å². The number of allylic oxidation sites excluding steroid dienone is 3. The summed E-state index contributed by atoms with van der Waals surface area (Å²) in [5.74, 6) is -0.239. The molecule has 0 aromatic carbocycles. The lowest BCUT2D eigenvalue weighted by atomic mass is 10.0. The second-order valence-corrected chi connectivity index (χ2v) is 23.6. The van der Waals surface area contributed by atoms with Gasteiger partial charge in [-0.05, 0) is 32.1 Å². The number of aliphatic hydroxyl groups is 2. The maximum atomic E-state index is 12.5. The molecule has 0 aliphatic heterocycles. The first-order chi connectivity index (χ1) is 37.0. The number of hydrogen-bond donors (Lipinski definition) is 3. The second kappa shape index (κ2) is 64.9. The number of hydrogen-bond acceptors (Lipinski definition) is 5. The van der Waals surface area contributed by atoms with Crippen LogP contribution in [0, 0.1) is 0 Å². The number of unbranched alkanes of at least 4 members (excludes halogenated alkanes) is 52. The number of amides is 1. The van der Waals surface area contributed by atoms with Gasteiger partial charge in [-0.1, -0.05) is 360 Å². The van der Waals surface area contributed by atoms with Crippen molar-refractivity contribution in [1.29, 1.82) is 0 Å². The van der Waals surface area contributed by atoms with Gasteiger partial charge in [-0.3, -0.25) is 4.79 Å². The van der Waals surface area contributed by atoms with Gasteiger partial charge in [0.1, 0.15) is 0 Å². The summed E-state index contributed by atoms with van der Waals surface area (Å²) in [5, 5.41) is 23.3. The summed E-state index contributed by atoms with van der Waals surface area (Å²) < 4.78 is 5.38. The second-order valence-electron chi connectivity index (χ2n) is 23.6. The number of carbonyl (C=O) groups is 2. The van der Waals surface area contributed by atoms with Crippen molar-refractivity contribution in [2.45, 2.75) is 392 Å². The molecule has 0 heterocycles. The van der Waals surface area contributed by atoms with Crippen molar-refractivity contribution in [2.75, 3.05) is 13.2 Å². The van der Waals surface area contributed by atoms with Gasteiger partial charge in [0.15, 0.2) is 0 Å². The van der Waals surface area contributed by atoms with E-state index in [1.54, 1.807) is 6.08 Å². The van der Waals surface area contributed by atoms with Crippen LogP contribution in [0.4, 0.5) is 0 Å². The van der Waals surface area contributed by atoms with E-state index < -0.39 is 12.1 Å². The normalized spacial score (nSPS) is 12.6. The number of esters is 1. The Morgan fingerprint density at radius 3 is 1.01 bits per heavy atom. The maximum absolute atomic E-state index is 12.5. The molecule has 0 saturated heterocycles. The molecule has 444 valence electrons. The Labute approximate surface area is 469 Å². The van der Waals surface area contributed by atoms with Crippen LogP contribution in [0.15, 0.2) is 24.3 Å². The van der Waals surface area contributed by atoms with Crippen molar-refractivity contribution < 1.29 is 24.5 Å². The van der Waals surface area contributed by atoms with E-state index in [-0.39, 0.29) is 18.5 Å². The third-order valence-corrected chi connectivity index (χ3v) is 16.1. The Hall–Kier alpha value is -1.66. The van der Waals surface area contributed by atoms with E-state index in [0.717, 1.165) is 44.9 Å². The van der Waals surface area contributed by atoms with Gasteiger partial charge in [-0.15, -0.1) is 0 Å². The van der Waals surface area contributed by atoms with E-state index in [2.05, 4.69) is 25.2 Å². The molecule has 0 saturated carbocycles. The van der Waals surface area contributed by atoms with Gasteiger partial charge in [0.25, 0.3) is 0 Å². The molecule has 2 atom stereocenters. The van der Waals surface area contributed by atoms with Crippen LogP contribution < -0.4 is 5.32 Å². The molecular weight excluding hydrogens is 923 g/mol. The van der Waals surface area contributed by atoms with E-state index in [4.69, 9.17) is 4.74 Å². The SMILES string of the molecule is CCCCCCCCCCCCCC=CC=CC(=O)OCCCCCCCCCCCCCCCCCCCCCCCCCCCCCCC(=O)N[C@@H](CO)[C@H](O)CCCCCCCCCCCCCCCCC. The number of ether oxygens (including phenoxy) is 1. The highest BCUT2D eigenvalue weighted by Crippen LogP contribution is 2.19. The minimum atomic E-state index is -0.662. The van der Waals surface area contributed by atoms with Crippen LogP contribution in [-0.2, 0) is 14.3 Å². The molecule has 75 heavy (non-hydrogen) atoms. The predicted octanol–water partition coefficient (Wildman–Crippen LogP) is 21.8. The quantitative estimate of drug-likeness (QED) is 0.0244. The van der Waals surface area contributed by atoms with E-state index in [9.17, 15) is 19.8 Å². The van der Waals surface area contributed by atoms with Gasteiger partial charge in [-0.25, -0.2) is 4.79 Å². The summed E-state index contributed by atoms with van der Waals surface area (Å²) in [5.41, 5.74) is 0. The molecule has 0 radical (unpaired) electrons. The zero-order chi connectivity index (χ0) is 54.3. The van der Waals surface area contributed by atoms with Crippen molar-refractivity contribution in [3.63, 3.8) is 0 Å². The van der Waals surface area contributed by atoms with Crippen molar-refractivity contribution in [2.24, 2.45) is 0 Å². The summed E-state index contributed by atoms with van der Waals surface area (Å²) in [6, 6.07) is -0.539. The molecule has 3 N–H and O–H groups in total. The standard InChI is InChI=1S/C69H133NO5/c1-3-5-7-9-11-13-15-17-33-37-41-45-49-53-57-61-67(72)66(65-71)70-68(73)62-58-54-50-46-42-38-35-31-29-27-25-23-21-19-20-22-24-26-28-30-32-36-40-44-48-52-56-60-64-75-69(74)63-59-55-51-47-43-39-34-18-16-14-12-10-8-6-4-2/h51,55,59,63,66-67,71-72H,3-50,52-54,56-58,60-62,64-65H2,1-2H3,(H,70,73)/t66-,67+/m0/s1. The molecule has 6 heteroatoms. The Morgan fingerprint density at radius 2 is 0.680 bits per heavy atom. The molecule has 0 aliphatic carbocycles. The monoisotopic (exact) mass is 1060 g/mol. The van der Waals surface area contributed by atoms with Gasteiger partial charge in [0, 0.05) is 12.5 Å². The molecule has 0 spiro atoms. The van der Waals surface area contributed by atoms with Crippen LogP contribution in [0.25, 0.3) is 0 Å². The lowest BCUT2D eigenvalue weighted by Gasteiger charge is -2.22. The van der Waals surface area contributed by atoms with Crippen molar-refractivity contribution in [1.82, 2.24) is 5.32 Å². The van der Waals surface area contributed by atoms with Crippen LogP contribution >= 0.6 is 0 Å². The van der Waals surface area contributed by atoms with Gasteiger partial charge in [-0.2, -0.15) is 0 Å². The molecular formula is C69H133NO5. The number of rotatable bonds is 64. The molecule has 0 unspecified atom stereocenters. The van der Waals surface area contributed by atoms with Gasteiger partial charge >= 0.3 is 5.97 Å². The summed E-state index contributed by atoms with van der Waals surface area (Å²) in [6.45, 7) is 4.91. The number of aliphatic hydroxyl groups excluding tert-OH is 2. The summed E-state index contributed by atoms with van der Waals surface area (Å²) >= 11 is 0. The van der Waals surface area contributed by atoms with E-state index >= 15 is 0 Å². The first-order valence-electron chi connectivity index (χ1n) is 34.1. The maximum Gasteiger partial charge on any atom is 0.330 e. The third-order valence-electron chi connectivity index (χ3n) is 16.1. The highest BCUT2D eigenvalue weighted by Gasteiger charge is 2.20. The van der Waals surface area contributed by atoms with E-state index in [1.165, 1.54) is 308 Å². The summed E-state index contributed by atoms with van der Waals surface area (Å²) in [4.78, 5) is 24.5. The molecule has 0 aliphatic rings.